The first-order valence-electron chi connectivity index (χ1n) is 4.69. The maximum atomic E-state index is 10.9. The number of carbonyl (C=O) groups excluding carboxylic acids is 2. The van der Waals surface area contributed by atoms with E-state index in [0.29, 0.717) is 15.1 Å². The van der Waals surface area contributed by atoms with E-state index in [1.165, 1.54) is 13.8 Å². The minimum atomic E-state index is -1.10. The van der Waals surface area contributed by atoms with Gasteiger partial charge in [-0.15, -0.1) is 0 Å². The van der Waals surface area contributed by atoms with Crippen LogP contribution in [0.15, 0.2) is 22.7 Å². The summed E-state index contributed by atoms with van der Waals surface area (Å²) >= 11 is 9.10. The van der Waals surface area contributed by atoms with Gasteiger partial charge in [0.1, 0.15) is 0 Å². The lowest BCUT2D eigenvalue weighted by Crippen LogP contribution is -2.15. The molecule has 0 aromatic heterocycles. The predicted molar refractivity (Wildman–Crippen MR) is 65.4 cm³/mol. The predicted octanol–water partition coefficient (Wildman–Crippen LogP) is 3.23. The van der Waals surface area contributed by atoms with Crippen LogP contribution in [-0.2, 0) is 19.1 Å². The second-order valence-corrected chi connectivity index (χ2v) is 4.51. The van der Waals surface area contributed by atoms with E-state index in [0.717, 1.165) is 0 Å². The fraction of sp³-hybridized carbons (Fsp3) is 0.273. The molecular formula is C11H10BrClO4. The van der Waals surface area contributed by atoms with Gasteiger partial charge >= 0.3 is 11.9 Å². The molecule has 0 saturated heterocycles. The third-order valence-corrected chi connectivity index (χ3v) is 2.72. The van der Waals surface area contributed by atoms with Crippen LogP contribution in [0, 0.1) is 0 Å². The van der Waals surface area contributed by atoms with Crippen LogP contribution in [0.1, 0.15) is 25.7 Å². The summed E-state index contributed by atoms with van der Waals surface area (Å²) in [6.07, 6.45) is -1.10. The molecule has 0 fully saturated rings. The highest BCUT2D eigenvalue weighted by Gasteiger charge is 2.21. The van der Waals surface area contributed by atoms with E-state index in [1.54, 1.807) is 18.2 Å². The van der Waals surface area contributed by atoms with Crippen molar-refractivity contribution in [3.63, 3.8) is 0 Å². The zero-order chi connectivity index (χ0) is 13.0. The molecule has 0 spiro atoms. The number of ether oxygens (including phenoxy) is 2. The molecule has 92 valence electrons. The quantitative estimate of drug-likeness (QED) is 0.633. The second-order valence-electron chi connectivity index (χ2n) is 3.22. The summed E-state index contributed by atoms with van der Waals surface area (Å²) in [6.45, 7) is 2.46. The Morgan fingerprint density at radius 1 is 1.24 bits per heavy atom. The Balaban J connectivity index is 3.06. The summed E-state index contributed by atoms with van der Waals surface area (Å²) in [5, 5.41) is 0.451. The largest absolute Gasteiger partial charge is 0.421 e. The molecule has 0 unspecified atom stereocenters. The second kappa shape index (κ2) is 6.02. The molecule has 0 saturated carbocycles. The fourth-order valence-corrected chi connectivity index (χ4v) is 1.76. The summed E-state index contributed by atoms with van der Waals surface area (Å²) in [5.74, 6) is -1.11. The van der Waals surface area contributed by atoms with Crippen LogP contribution in [-0.4, -0.2) is 11.9 Å². The van der Waals surface area contributed by atoms with E-state index in [1.807, 2.05) is 0 Å². The average Bonchev–Trinajstić information content (AvgIpc) is 2.19. The van der Waals surface area contributed by atoms with Gasteiger partial charge in [-0.2, -0.15) is 0 Å². The van der Waals surface area contributed by atoms with Gasteiger partial charge in [0, 0.05) is 28.9 Å². The molecule has 0 aliphatic heterocycles. The molecule has 6 heteroatoms. The van der Waals surface area contributed by atoms with Crippen molar-refractivity contribution in [1.29, 1.82) is 0 Å². The summed E-state index contributed by atoms with van der Waals surface area (Å²) < 4.78 is 10.5. The minimum absolute atomic E-state index is 0.451. The maximum absolute atomic E-state index is 10.9. The Hall–Kier alpha value is -1.07. The standard InChI is InChI=1S/C11H10BrClO4/c1-6(14)16-11(17-7(2)15)9-5-8(13)3-4-10(9)12/h3-5,11H,1-2H3. The molecule has 17 heavy (non-hydrogen) atoms. The molecule has 0 aliphatic rings. The lowest BCUT2D eigenvalue weighted by molar-refractivity contribution is -0.186. The van der Waals surface area contributed by atoms with E-state index in [2.05, 4.69) is 15.9 Å². The summed E-state index contributed by atoms with van der Waals surface area (Å²) in [5.41, 5.74) is 0.475. The lowest BCUT2D eigenvalue weighted by atomic mass is 10.2. The van der Waals surface area contributed by atoms with E-state index in [4.69, 9.17) is 21.1 Å². The first kappa shape index (κ1) is 14.0. The third-order valence-electron chi connectivity index (χ3n) is 1.76. The topological polar surface area (TPSA) is 52.6 Å². The van der Waals surface area contributed by atoms with Crippen LogP contribution >= 0.6 is 27.5 Å². The molecule has 4 nitrogen and oxygen atoms in total. The van der Waals surface area contributed by atoms with Gasteiger partial charge in [0.15, 0.2) is 0 Å². The van der Waals surface area contributed by atoms with Crippen LogP contribution in [0.5, 0.6) is 0 Å². The number of rotatable bonds is 3. The Morgan fingerprint density at radius 3 is 2.24 bits per heavy atom. The minimum Gasteiger partial charge on any atom is -0.421 e. The zero-order valence-corrected chi connectivity index (χ0v) is 11.5. The fourth-order valence-electron chi connectivity index (χ4n) is 1.15. The number of esters is 2. The summed E-state index contributed by atoms with van der Waals surface area (Å²) in [7, 11) is 0. The molecule has 0 aliphatic carbocycles. The van der Waals surface area contributed by atoms with Gasteiger partial charge in [-0.05, 0) is 18.2 Å². The van der Waals surface area contributed by atoms with E-state index < -0.39 is 18.2 Å². The molecule has 0 radical (unpaired) electrons. The number of hydrogen-bond acceptors (Lipinski definition) is 4. The van der Waals surface area contributed by atoms with E-state index in [-0.39, 0.29) is 0 Å². The maximum Gasteiger partial charge on any atom is 0.305 e. The highest BCUT2D eigenvalue weighted by atomic mass is 79.9. The van der Waals surface area contributed by atoms with Crippen molar-refractivity contribution in [3.05, 3.63) is 33.3 Å². The number of halogens is 2. The molecule has 0 N–H and O–H groups in total. The molecule has 0 amide bonds. The highest BCUT2D eigenvalue weighted by Crippen LogP contribution is 2.30. The first-order valence-corrected chi connectivity index (χ1v) is 5.86. The lowest BCUT2D eigenvalue weighted by Gasteiger charge is -2.18. The van der Waals surface area contributed by atoms with Crippen molar-refractivity contribution in [2.45, 2.75) is 20.1 Å². The molecular weight excluding hydrogens is 311 g/mol. The average molecular weight is 322 g/mol. The van der Waals surface area contributed by atoms with Gasteiger partial charge in [0.25, 0.3) is 6.29 Å². The zero-order valence-electron chi connectivity index (χ0n) is 9.20. The monoisotopic (exact) mass is 320 g/mol. The van der Waals surface area contributed by atoms with Crippen molar-refractivity contribution < 1.29 is 19.1 Å². The molecule has 1 rings (SSSR count). The first-order chi connectivity index (χ1) is 7.90. The SMILES string of the molecule is CC(=O)OC(OC(C)=O)c1cc(Cl)ccc1Br. The van der Waals surface area contributed by atoms with Gasteiger partial charge in [-0.3, -0.25) is 9.59 Å². The van der Waals surface area contributed by atoms with Crippen LogP contribution in [0.4, 0.5) is 0 Å². The molecule has 0 atom stereocenters. The van der Waals surface area contributed by atoms with Crippen molar-refractivity contribution in [2.24, 2.45) is 0 Å². The van der Waals surface area contributed by atoms with Crippen molar-refractivity contribution in [2.75, 3.05) is 0 Å². The number of benzene rings is 1. The summed E-state index contributed by atoms with van der Waals surface area (Å²) in [4.78, 5) is 21.9. The van der Waals surface area contributed by atoms with Crippen molar-refractivity contribution >= 4 is 39.5 Å². The number of carbonyl (C=O) groups is 2. The normalized spacial score (nSPS) is 10.2. The van der Waals surface area contributed by atoms with Gasteiger partial charge in [0.2, 0.25) is 0 Å². The number of hydrogen-bond donors (Lipinski definition) is 0. The van der Waals surface area contributed by atoms with Crippen LogP contribution in [0.3, 0.4) is 0 Å². The van der Waals surface area contributed by atoms with Crippen molar-refractivity contribution in [1.82, 2.24) is 0 Å². The van der Waals surface area contributed by atoms with Gasteiger partial charge in [-0.1, -0.05) is 27.5 Å². The summed E-state index contributed by atoms with van der Waals surface area (Å²) in [6, 6.07) is 4.90. The Morgan fingerprint density at radius 2 is 1.76 bits per heavy atom. The van der Waals surface area contributed by atoms with Crippen LogP contribution < -0.4 is 0 Å². The third kappa shape index (κ3) is 4.36. The molecule has 1 aromatic rings. The molecule has 1 aromatic carbocycles. The Kier molecular flexibility index (Phi) is 4.96. The van der Waals surface area contributed by atoms with Gasteiger partial charge in [0.05, 0.1) is 0 Å². The van der Waals surface area contributed by atoms with E-state index >= 15 is 0 Å². The van der Waals surface area contributed by atoms with E-state index in [9.17, 15) is 9.59 Å². The Labute approximate surface area is 112 Å². The van der Waals surface area contributed by atoms with Gasteiger partial charge < -0.3 is 9.47 Å². The van der Waals surface area contributed by atoms with Crippen LogP contribution in [0.25, 0.3) is 0 Å². The molecule has 0 bridgehead atoms. The smallest absolute Gasteiger partial charge is 0.305 e. The van der Waals surface area contributed by atoms with Crippen LogP contribution in [0.2, 0.25) is 5.02 Å². The Bertz CT molecular complexity index is 431. The molecule has 0 heterocycles. The van der Waals surface area contributed by atoms with Crippen molar-refractivity contribution in [3.8, 4) is 0 Å². The highest BCUT2D eigenvalue weighted by molar-refractivity contribution is 9.10. The van der Waals surface area contributed by atoms with Gasteiger partial charge in [-0.25, -0.2) is 0 Å².